The minimum atomic E-state index is 0.0719. The summed E-state index contributed by atoms with van der Waals surface area (Å²) in [6, 6.07) is 14.1. The molecule has 1 aliphatic heterocycles. The largest absolute Gasteiger partial charge is 0.340 e. The van der Waals surface area contributed by atoms with E-state index in [4.69, 9.17) is 5.73 Å². The second kappa shape index (κ2) is 5.13. The normalized spacial score (nSPS) is 18.5. The van der Waals surface area contributed by atoms with Crippen LogP contribution in [0.1, 0.15) is 16.9 Å². The van der Waals surface area contributed by atoms with Gasteiger partial charge < -0.3 is 15.2 Å². The molecule has 2 aromatic rings. The van der Waals surface area contributed by atoms with Gasteiger partial charge in [-0.2, -0.15) is 0 Å². The lowest BCUT2D eigenvalue weighted by Gasteiger charge is -2.16. The van der Waals surface area contributed by atoms with Crippen molar-refractivity contribution < 1.29 is 4.79 Å². The number of benzene rings is 1. The van der Waals surface area contributed by atoms with E-state index in [0.29, 0.717) is 6.54 Å². The molecule has 0 saturated carbocycles. The summed E-state index contributed by atoms with van der Waals surface area (Å²) < 4.78 is 1.96. The number of carbonyl (C=O) groups excluding carboxylic acids is 1. The Kier molecular flexibility index (Phi) is 3.32. The highest BCUT2D eigenvalue weighted by atomic mass is 16.2. The maximum absolute atomic E-state index is 12.5. The van der Waals surface area contributed by atoms with Crippen LogP contribution in [0.2, 0.25) is 0 Å². The van der Waals surface area contributed by atoms with Crippen molar-refractivity contribution in [1.29, 1.82) is 0 Å². The maximum atomic E-state index is 12.5. The third-order valence-corrected chi connectivity index (χ3v) is 3.92. The van der Waals surface area contributed by atoms with Crippen molar-refractivity contribution in [2.24, 2.45) is 12.8 Å². The molecule has 1 aromatic carbocycles. The van der Waals surface area contributed by atoms with Crippen molar-refractivity contribution in [3.8, 4) is 11.3 Å². The number of likely N-dealkylation sites (tertiary alicyclic amines) is 1. The van der Waals surface area contributed by atoms with Gasteiger partial charge in [0.1, 0.15) is 5.69 Å². The molecule has 104 valence electrons. The van der Waals surface area contributed by atoms with E-state index in [1.54, 1.807) is 0 Å². The number of aromatic nitrogens is 1. The molecule has 0 aliphatic carbocycles. The zero-order valence-electron chi connectivity index (χ0n) is 11.6. The number of amides is 1. The molecule has 4 nitrogen and oxygen atoms in total. The molecular weight excluding hydrogens is 250 g/mol. The van der Waals surface area contributed by atoms with E-state index in [1.807, 2.05) is 46.8 Å². The molecule has 1 aromatic heterocycles. The highest BCUT2D eigenvalue weighted by molar-refractivity contribution is 5.94. The average molecular weight is 269 g/mol. The molecule has 2 heterocycles. The van der Waals surface area contributed by atoms with Gasteiger partial charge in [-0.25, -0.2) is 0 Å². The van der Waals surface area contributed by atoms with Gasteiger partial charge in [0.2, 0.25) is 0 Å². The minimum absolute atomic E-state index is 0.0719. The number of nitrogens with zero attached hydrogens (tertiary/aromatic N) is 2. The van der Waals surface area contributed by atoms with Gasteiger partial charge in [-0.3, -0.25) is 4.79 Å². The first-order valence-corrected chi connectivity index (χ1v) is 6.93. The van der Waals surface area contributed by atoms with Crippen LogP contribution in [0.4, 0.5) is 0 Å². The molecular formula is C16H19N3O. The van der Waals surface area contributed by atoms with Crippen LogP contribution < -0.4 is 5.73 Å². The van der Waals surface area contributed by atoms with Crippen molar-refractivity contribution >= 4 is 5.91 Å². The van der Waals surface area contributed by atoms with Crippen LogP contribution in [-0.4, -0.2) is 34.5 Å². The summed E-state index contributed by atoms with van der Waals surface area (Å²) in [7, 11) is 1.94. The van der Waals surface area contributed by atoms with E-state index in [2.05, 4.69) is 12.1 Å². The van der Waals surface area contributed by atoms with Gasteiger partial charge in [0.15, 0.2) is 0 Å². The van der Waals surface area contributed by atoms with Gasteiger partial charge >= 0.3 is 0 Å². The molecule has 2 N–H and O–H groups in total. The predicted octanol–water partition coefficient (Wildman–Crippen LogP) is 1.87. The number of carbonyl (C=O) groups is 1. The van der Waals surface area contributed by atoms with Gasteiger partial charge in [0, 0.05) is 31.9 Å². The van der Waals surface area contributed by atoms with Gasteiger partial charge in [0.05, 0.1) is 0 Å². The molecule has 1 saturated heterocycles. The van der Waals surface area contributed by atoms with Crippen LogP contribution in [0, 0.1) is 0 Å². The average Bonchev–Trinajstić information content (AvgIpc) is 3.05. The minimum Gasteiger partial charge on any atom is -0.340 e. The lowest BCUT2D eigenvalue weighted by atomic mass is 10.2. The molecule has 0 radical (unpaired) electrons. The van der Waals surface area contributed by atoms with Crippen molar-refractivity contribution in [1.82, 2.24) is 9.47 Å². The SMILES string of the molecule is Cn1c(C(=O)N2CC[C@@H](N)C2)ccc1-c1ccccc1. The van der Waals surface area contributed by atoms with E-state index >= 15 is 0 Å². The van der Waals surface area contributed by atoms with Gasteiger partial charge in [-0.1, -0.05) is 30.3 Å². The fourth-order valence-electron chi connectivity index (χ4n) is 2.76. The molecule has 1 aliphatic rings. The van der Waals surface area contributed by atoms with E-state index in [1.165, 1.54) is 0 Å². The van der Waals surface area contributed by atoms with Crippen LogP contribution in [0.3, 0.4) is 0 Å². The predicted molar refractivity (Wildman–Crippen MR) is 79.3 cm³/mol. The molecule has 3 rings (SSSR count). The quantitative estimate of drug-likeness (QED) is 0.904. The van der Waals surface area contributed by atoms with Crippen LogP contribution in [0.5, 0.6) is 0 Å². The summed E-state index contributed by atoms with van der Waals surface area (Å²) in [6.45, 7) is 1.41. The molecule has 1 amide bonds. The monoisotopic (exact) mass is 269 g/mol. The fraction of sp³-hybridized carbons (Fsp3) is 0.312. The molecule has 0 unspecified atom stereocenters. The summed E-state index contributed by atoms with van der Waals surface area (Å²) in [5.41, 5.74) is 8.77. The third kappa shape index (κ3) is 2.23. The standard InChI is InChI=1S/C16H19N3O/c1-18-14(12-5-3-2-4-6-12)7-8-15(18)16(20)19-10-9-13(17)11-19/h2-8,13H,9-11,17H2,1H3/t13-/m1/s1. The van der Waals surface area contributed by atoms with Crippen molar-refractivity contribution in [3.63, 3.8) is 0 Å². The van der Waals surface area contributed by atoms with Crippen LogP contribution >= 0.6 is 0 Å². The van der Waals surface area contributed by atoms with Gasteiger partial charge in [-0.05, 0) is 24.1 Å². The third-order valence-electron chi connectivity index (χ3n) is 3.92. The lowest BCUT2D eigenvalue weighted by Crippen LogP contribution is -2.32. The first kappa shape index (κ1) is 12.9. The molecule has 0 bridgehead atoms. The van der Waals surface area contributed by atoms with Crippen molar-refractivity contribution in [2.45, 2.75) is 12.5 Å². The van der Waals surface area contributed by atoms with Crippen LogP contribution in [0.15, 0.2) is 42.5 Å². The van der Waals surface area contributed by atoms with Crippen molar-refractivity contribution in [2.75, 3.05) is 13.1 Å². The first-order valence-electron chi connectivity index (χ1n) is 6.93. The Morgan fingerprint density at radius 1 is 1.20 bits per heavy atom. The Labute approximate surface area is 118 Å². The highest BCUT2D eigenvalue weighted by Gasteiger charge is 2.26. The van der Waals surface area contributed by atoms with Gasteiger partial charge in [0.25, 0.3) is 5.91 Å². The first-order chi connectivity index (χ1) is 9.66. The topological polar surface area (TPSA) is 51.3 Å². The van der Waals surface area contributed by atoms with E-state index in [-0.39, 0.29) is 11.9 Å². The van der Waals surface area contributed by atoms with E-state index < -0.39 is 0 Å². The summed E-state index contributed by atoms with van der Waals surface area (Å²) >= 11 is 0. The molecule has 0 spiro atoms. The number of hydrogen-bond acceptors (Lipinski definition) is 2. The lowest BCUT2D eigenvalue weighted by molar-refractivity contribution is 0.0781. The maximum Gasteiger partial charge on any atom is 0.270 e. The Bertz CT molecular complexity index is 618. The zero-order chi connectivity index (χ0) is 14.1. The van der Waals surface area contributed by atoms with Crippen molar-refractivity contribution in [3.05, 3.63) is 48.2 Å². The molecule has 1 atom stereocenters. The van der Waals surface area contributed by atoms with Crippen LogP contribution in [0.25, 0.3) is 11.3 Å². The summed E-state index contributed by atoms with van der Waals surface area (Å²) in [5.74, 6) is 0.0719. The Balaban J connectivity index is 1.89. The summed E-state index contributed by atoms with van der Waals surface area (Å²) in [6.07, 6.45) is 0.891. The smallest absolute Gasteiger partial charge is 0.270 e. The second-order valence-electron chi connectivity index (χ2n) is 5.33. The number of hydrogen-bond donors (Lipinski definition) is 1. The summed E-state index contributed by atoms with van der Waals surface area (Å²) in [5, 5.41) is 0. The Morgan fingerprint density at radius 3 is 2.60 bits per heavy atom. The molecule has 4 heteroatoms. The zero-order valence-corrected chi connectivity index (χ0v) is 11.6. The molecule has 20 heavy (non-hydrogen) atoms. The van der Waals surface area contributed by atoms with Crippen LogP contribution in [-0.2, 0) is 7.05 Å². The Morgan fingerprint density at radius 2 is 1.95 bits per heavy atom. The Hall–Kier alpha value is -2.07. The number of rotatable bonds is 2. The highest BCUT2D eigenvalue weighted by Crippen LogP contribution is 2.22. The van der Waals surface area contributed by atoms with E-state index in [9.17, 15) is 4.79 Å². The molecule has 1 fully saturated rings. The van der Waals surface area contributed by atoms with Gasteiger partial charge in [-0.15, -0.1) is 0 Å². The fourth-order valence-corrected chi connectivity index (χ4v) is 2.76. The summed E-state index contributed by atoms with van der Waals surface area (Å²) in [4.78, 5) is 14.3. The number of nitrogens with two attached hydrogens (primary N) is 1. The second-order valence-corrected chi connectivity index (χ2v) is 5.33. The van der Waals surface area contributed by atoms with E-state index in [0.717, 1.165) is 29.9 Å².